The molecule has 0 aromatic carbocycles. The SMILES string of the molecule is CCNC(=NCCCC1CCCCC1)NCCC(=O)N1CCCC1.I. The van der Waals surface area contributed by atoms with Gasteiger partial charge in [0.05, 0.1) is 0 Å². The second-order valence-corrected chi connectivity index (χ2v) is 7.17. The van der Waals surface area contributed by atoms with Crippen LogP contribution in [0.2, 0.25) is 0 Å². The van der Waals surface area contributed by atoms with Gasteiger partial charge in [0.2, 0.25) is 5.91 Å². The monoisotopic (exact) mass is 464 g/mol. The maximum atomic E-state index is 12.0. The van der Waals surface area contributed by atoms with Crippen molar-refractivity contribution in [3.05, 3.63) is 0 Å². The molecule has 6 heteroatoms. The van der Waals surface area contributed by atoms with Crippen molar-refractivity contribution in [2.75, 3.05) is 32.7 Å². The van der Waals surface area contributed by atoms with Gasteiger partial charge < -0.3 is 15.5 Å². The largest absolute Gasteiger partial charge is 0.357 e. The highest BCUT2D eigenvalue weighted by atomic mass is 127. The Balaban J connectivity index is 0.00000312. The molecule has 2 fully saturated rings. The van der Waals surface area contributed by atoms with Crippen molar-refractivity contribution in [3.8, 4) is 0 Å². The van der Waals surface area contributed by atoms with Crippen LogP contribution in [0.5, 0.6) is 0 Å². The Hall–Kier alpha value is -0.530. The summed E-state index contributed by atoms with van der Waals surface area (Å²) in [5.74, 6) is 2.06. The summed E-state index contributed by atoms with van der Waals surface area (Å²) in [6.07, 6.45) is 12.5. The van der Waals surface area contributed by atoms with Crippen LogP contribution in [0.3, 0.4) is 0 Å². The molecule has 0 aromatic rings. The molecule has 1 heterocycles. The van der Waals surface area contributed by atoms with E-state index in [1.165, 1.54) is 44.9 Å². The molecule has 2 rings (SSSR count). The standard InChI is InChI=1S/C19H36N4O.HI/c1-2-20-19(21-13-8-11-17-9-4-3-5-10-17)22-14-12-18(24)23-15-6-7-16-23;/h17H,2-16H2,1H3,(H2,20,21,22);1H. The molecule has 0 unspecified atom stereocenters. The molecule has 1 aliphatic carbocycles. The normalized spacial score (nSPS) is 18.8. The second kappa shape index (κ2) is 13.6. The van der Waals surface area contributed by atoms with Gasteiger partial charge in [-0.25, -0.2) is 0 Å². The van der Waals surface area contributed by atoms with Gasteiger partial charge in [0.15, 0.2) is 5.96 Å². The van der Waals surface area contributed by atoms with Crippen LogP contribution < -0.4 is 10.6 Å². The van der Waals surface area contributed by atoms with E-state index >= 15 is 0 Å². The minimum absolute atomic E-state index is 0. The summed E-state index contributed by atoms with van der Waals surface area (Å²) in [5, 5.41) is 6.58. The van der Waals surface area contributed by atoms with E-state index in [1.807, 2.05) is 4.90 Å². The van der Waals surface area contributed by atoms with E-state index in [0.29, 0.717) is 13.0 Å². The number of likely N-dealkylation sites (tertiary alicyclic amines) is 1. The van der Waals surface area contributed by atoms with Gasteiger partial charge in [0, 0.05) is 39.1 Å². The molecule has 1 aliphatic heterocycles. The highest BCUT2D eigenvalue weighted by molar-refractivity contribution is 14.0. The fourth-order valence-corrected chi connectivity index (χ4v) is 3.80. The van der Waals surface area contributed by atoms with Crippen LogP contribution in [0.1, 0.15) is 71.1 Å². The molecule has 1 saturated carbocycles. The number of guanidine groups is 1. The van der Waals surface area contributed by atoms with E-state index in [0.717, 1.165) is 50.9 Å². The van der Waals surface area contributed by atoms with E-state index in [9.17, 15) is 4.79 Å². The number of rotatable bonds is 8. The lowest BCUT2D eigenvalue weighted by Crippen LogP contribution is -2.39. The molecule has 5 nitrogen and oxygen atoms in total. The fraction of sp³-hybridized carbons (Fsp3) is 0.895. The first-order valence-corrected chi connectivity index (χ1v) is 10.1. The van der Waals surface area contributed by atoms with Gasteiger partial charge in [0.1, 0.15) is 0 Å². The number of amides is 1. The van der Waals surface area contributed by atoms with E-state index in [1.54, 1.807) is 0 Å². The fourth-order valence-electron chi connectivity index (χ4n) is 3.80. The van der Waals surface area contributed by atoms with Crippen LogP contribution in [0.15, 0.2) is 4.99 Å². The van der Waals surface area contributed by atoms with Crippen molar-refractivity contribution in [2.45, 2.75) is 71.1 Å². The zero-order valence-electron chi connectivity index (χ0n) is 15.9. The van der Waals surface area contributed by atoms with Gasteiger partial charge in [-0.2, -0.15) is 0 Å². The number of carbonyl (C=O) groups is 1. The Morgan fingerprint density at radius 3 is 2.48 bits per heavy atom. The summed E-state index contributed by atoms with van der Waals surface area (Å²) in [6, 6.07) is 0. The molecule has 1 amide bonds. The quantitative estimate of drug-likeness (QED) is 0.250. The maximum absolute atomic E-state index is 12.0. The van der Waals surface area contributed by atoms with Crippen molar-refractivity contribution in [2.24, 2.45) is 10.9 Å². The zero-order valence-corrected chi connectivity index (χ0v) is 18.2. The average molecular weight is 464 g/mol. The average Bonchev–Trinajstić information content (AvgIpc) is 3.14. The van der Waals surface area contributed by atoms with Gasteiger partial charge in [-0.15, -0.1) is 24.0 Å². The first-order valence-electron chi connectivity index (χ1n) is 10.1. The molecular weight excluding hydrogens is 427 g/mol. The van der Waals surface area contributed by atoms with Gasteiger partial charge in [-0.3, -0.25) is 9.79 Å². The topological polar surface area (TPSA) is 56.7 Å². The Labute approximate surface area is 170 Å². The van der Waals surface area contributed by atoms with E-state index < -0.39 is 0 Å². The summed E-state index contributed by atoms with van der Waals surface area (Å²) in [5.41, 5.74) is 0. The number of aliphatic imine (C=N–C) groups is 1. The van der Waals surface area contributed by atoms with Gasteiger partial charge in [-0.05, 0) is 38.5 Å². The van der Waals surface area contributed by atoms with Crippen LogP contribution in [-0.4, -0.2) is 49.5 Å². The third kappa shape index (κ3) is 9.11. The van der Waals surface area contributed by atoms with Crippen molar-refractivity contribution in [1.29, 1.82) is 0 Å². The van der Waals surface area contributed by atoms with Crippen LogP contribution in [-0.2, 0) is 4.79 Å². The van der Waals surface area contributed by atoms with Gasteiger partial charge >= 0.3 is 0 Å². The number of hydrogen-bond donors (Lipinski definition) is 2. The molecule has 0 radical (unpaired) electrons. The lowest BCUT2D eigenvalue weighted by molar-refractivity contribution is -0.129. The molecule has 2 N–H and O–H groups in total. The van der Waals surface area contributed by atoms with Gasteiger partial charge in [-0.1, -0.05) is 32.1 Å². The highest BCUT2D eigenvalue weighted by Crippen LogP contribution is 2.27. The summed E-state index contributed by atoms with van der Waals surface area (Å²) >= 11 is 0. The van der Waals surface area contributed by atoms with Crippen molar-refractivity contribution in [3.63, 3.8) is 0 Å². The maximum Gasteiger partial charge on any atom is 0.224 e. The number of halogens is 1. The first-order chi connectivity index (χ1) is 11.8. The summed E-state index contributed by atoms with van der Waals surface area (Å²) in [6.45, 7) is 6.36. The molecular formula is C19H37IN4O. The molecule has 25 heavy (non-hydrogen) atoms. The highest BCUT2D eigenvalue weighted by Gasteiger charge is 2.17. The Bertz CT molecular complexity index is 391. The zero-order chi connectivity index (χ0) is 17.0. The number of nitrogens with zero attached hydrogens (tertiary/aromatic N) is 2. The Kier molecular flexibility index (Phi) is 12.3. The molecule has 0 spiro atoms. The van der Waals surface area contributed by atoms with Crippen LogP contribution in [0.25, 0.3) is 0 Å². The summed E-state index contributed by atoms with van der Waals surface area (Å²) in [4.78, 5) is 18.7. The van der Waals surface area contributed by atoms with Crippen molar-refractivity contribution >= 4 is 35.8 Å². The summed E-state index contributed by atoms with van der Waals surface area (Å²) in [7, 11) is 0. The number of carbonyl (C=O) groups excluding carboxylic acids is 1. The minimum atomic E-state index is 0. The van der Waals surface area contributed by atoms with Crippen LogP contribution in [0, 0.1) is 5.92 Å². The minimum Gasteiger partial charge on any atom is -0.357 e. The number of hydrogen-bond acceptors (Lipinski definition) is 2. The molecule has 0 bridgehead atoms. The van der Waals surface area contributed by atoms with E-state index in [-0.39, 0.29) is 29.9 Å². The van der Waals surface area contributed by atoms with Crippen LogP contribution in [0.4, 0.5) is 0 Å². The third-order valence-corrected chi connectivity index (χ3v) is 5.20. The lowest BCUT2D eigenvalue weighted by atomic mass is 9.86. The molecule has 1 saturated heterocycles. The Morgan fingerprint density at radius 2 is 1.80 bits per heavy atom. The predicted molar refractivity (Wildman–Crippen MR) is 116 cm³/mol. The molecule has 0 aromatic heterocycles. The molecule has 146 valence electrons. The second-order valence-electron chi connectivity index (χ2n) is 7.17. The smallest absolute Gasteiger partial charge is 0.224 e. The van der Waals surface area contributed by atoms with Crippen molar-refractivity contribution in [1.82, 2.24) is 15.5 Å². The molecule has 0 atom stereocenters. The van der Waals surface area contributed by atoms with E-state index in [4.69, 9.17) is 0 Å². The third-order valence-electron chi connectivity index (χ3n) is 5.20. The Morgan fingerprint density at radius 1 is 1.08 bits per heavy atom. The molecule has 2 aliphatic rings. The predicted octanol–water partition coefficient (Wildman–Crippen LogP) is 3.53. The first kappa shape index (κ1) is 22.5. The van der Waals surface area contributed by atoms with Gasteiger partial charge in [0.25, 0.3) is 0 Å². The van der Waals surface area contributed by atoms with E-state index in [2.05, 4.69) is 22.5 Å². The number of nitrogens with one attached hydrogen (secondary N) is 2. The van der Waals surface area contributed by atoms with Crippen LogP contribution >= 0.6 is 24.0 Å². The summed E-state index contributed by atoms with van der Waals surface area (Å²) < 4.78 is 0. The lowest BCUT2D eigenvalue weighted by Gasteiger charge is -2.21. The van der Waals surface area contributed by atoms with Crippen molar-refractivity contribution < 1.29 is 4.79 Å².